The summed E-state index contributed by atoms with van der Waals surface area (Å²) in [5.74, 6) is -0.818. The van der Waals surface area contributed by atoms with Gasteiger partial charge in [-0.15, -0.1) is 0 Å². The number of nitrogens with one attached hydrogen (secondary N) is 1. The van der Waals surface area contributed by atoms with Gasteiger partial charge >= 0.3 is 5.97 Å². The molecule has 7 heteroatoms. The number of hydrogen-bond acceptors (Lipinski definition) is 3. The first kappa shape index (κ1) is 17.5. The van der Waals surface area contributed by atoms with E-state index in [0.717, 1.165) is 0 Å². The zero-order valence-corrected chi connectivity index (χ0v) is 14.2. The number of carboxylic acid groups (broad SMARTS) is 1. The maximum absolute atomic E-state index is 13.7. The third-order valence-corrected chi connectivity index (χ3v) is 4.08. The summed E-state index contributed by atoms with van der Waals surface area (Å²) in [4.78, 5) is 22.8. The van der Waals surface area contributed by atoms with Crippen molar-refractivity contribution in [1.82, 2.24) is 9.88 Å². The average Bonchev–Trinajstić information content (AvgIpc) is 2.86. The highest BCUT2D eigenvalue weighted by molar-refractivity contribution is 5.94. The van der Waals surface area contributed by atoms with Crippen LogP contribution < -0.4 is 10.1 Å². The number of carbonyl (C=O) groups is 2. The summed E-state index contributed by atoms with van der Waals surface area (Å²) in [5, 5.41) is 12.2. The second-order valence-electron chi connectivity index (χ2n) is 5.76. The fourth-order valence-corrected chi connectivity index (χ4v) is 2.83. The van der Waals surface area contributed by atoms with Gasteiger partial charge in [0.2, 0.25) is 0 Å². The lowest BCUT2D eigenvalue weighted by atomic mass is 10.2. The van der Waals surface area contributed by atoms with E-state index < -0.39 is 11.8 Å². The van der Waals surface area contributed by atoms with Gasteiger partial charge in [-0.05, 0) is 49.4 Å². The second kappa shape index (κ2) is 6.87. The van der Waals surface area contributed by atoms with E-state index >= 15 is 0 Å². The Morgan fingerprint density at radius 3 is 2.50 bits per heavy atom. The van der Waals surface area contributed by atoms with Gasteiger partial charge in [-0.25, -0.2) is 4.39 Å². The third-order valence-electron chi connectivity index (χ3n) is 4.08. The minimum Gasteiger partial charge on any atom is -0.480 e. The maximum Gasteiger partial charge on any atom is 0.323 e. The number of halogens is 1. The molecule has 134 valence electrons. The van der Waals surface area contributed by atoms with Gasteiger partial charge in [-0.2, -0.15) is 0 Å². The monoisotopic (exact) mass is 356 g/mol. The second-order valence-corrected chi connectivity index (χ2v) is 5.76. The van der Waals surface area contributed by atoms with Gasteiger partial charge in [0.15, 0.2) is 5.75 Å². The molecular weight excluding hydrogens is 339 g/mol. The zero-order valence-electron chi connectivity index (χ0n) is 14.2. The molecule has 3 aromatic rings. The molecule has 6 nitrogen and oxygen atoms in total. The fourth-order valence-electron chi connectivity index (χ4n) is 2.83. The van der Waals surface area contributed by atoms with Crippen LogP contribution in [0.15, 0.2) is 42.5 Å². The molecule has 1 heterocycles. The lowest BCUT2D eigenvalue weighted by molar-refractivity contribution is -0.137. The predicted octanol–water partition coefficient (Wildman–Crippen LogP) is 3.33. The molecule has 0 fully saturated rings. The Balaban J connectivity index is 2.04. The number of nitrogens with zero attached hydrogens (tertiary/aromatic N) is 1. The highest BCUT2D eigenvalue weighted by atomic mass is 19.1. The van der Waals surface area contributed by atoms with E-state index in [1.807, 2.05) is 0 Å². The quantitative estimate of drug-likeness (QED) is 0.735. The topological polar surface area (TPSA) is 80.6 Å². The number of hydrogen-bond donors (Lipinski definition) is 2. The normalized spacial score (nSPS) is 10.7. The summed E-state index contributed by atoms with van der Waals surface area (Å²) >= 11 is 0. The zero-order chi connectivity index (χ0) is 18.8. The minimum atomic E-state index is -1.00. The van der Waals surface area contributed by atoms with E-state index in [0.29, 0.717) is 33.7 Å². The lowest BCUT2D eigenvalue weighted by Gasteiger charge is -2.08. The average molecular weight is 356 g/mol. The molecule has 0 aliphatic rings. The van der Waals surface area contributed by atoms with E-state index in [1.54, 1.807) is 42.8 Å². The maximum atomic E-state index is 13.7. The van der Waals surface area contributed by atoms with Gasteiger partial charge in [0.25, 0.3) is 5.91 Å². The van der Waals surface area contributed by atoms with E-state index in [1.165, 1.54) is 18.2 Å². The first-order chi connectivity index (χ1) is 12.4. The molecule has 0 unspecified atom stereocenters. The summed E-state index contributed by atoms with van der Waals surface area (Å²) in [6, 6.07) is 10.6. The van der Waals surface area contributed by atoms with E-state index in [2.05, 4.69) is 5.32 Å². The van der Waals surface area contributed by atoms with E-state index in [4.69, 9.17) is 9.84 Å². The van der Waals surface area contributed by atoms with Crippen molar-refractivity contribution < 1.29 is 23.8 Å². The molecule has 1 amide bonds. The van der Waals surface area contributed by atoms with Gasteiger partial charge in [0.1, 0.15) is 18.1 Å². The number of fused-ring (bicyclic) bond motifs is 1. The standard InChI is InChI=1S/C19H17FN2O4/c1-11-18(26-14-6-3-12(4-7-14)19(25)21-2)15-9-13(20)5-8-16(15)22(11)10-17(23)24/h3-9H,10H2,1-2H3,(H,21,25)(H,23,24). The van der Waals surface area contributed by atoms with Crippen LogP contribution in [0, 0.1) is 12.7 Å². The van der Waals surface area contributed by atoms with Crippen LogP contribution >= 0.6 is 0 Å². The number of rotatable bonds is 5. The Labute approximate surface area is 148 Å². The van der Waals surface area contributed by atoms with E-state index in [9.17, 15) is 14.0 Å². The molecule has 3 rings (SSSR count). The molecule has 0 saturated carbocycles. The van der Waals surface area contributed by atoms with E-state index in [-0.39, 0.29) is 12.5 Å². The van der Waals surface area contributed by atoms with Crippen molar-refractivity contribution in [2.45, 2.75) is 13.5 Å². The Bertz CT molecular complexity index is 993. The van der Waals surface area contributed by atoms with Crippen LogP contribution in [0.1, 0.15) is 16.1 Å². The Hall–Kier alpha value is -3.35. The first-order valence-corrected chi connectivity index (χ1v) is 7.91. The van der Waals surface area contributed by atoms with Gasteiger partial charge in [0, 0.05) is 18.0 Å². The molecule has 0 spiro atoms. The first-order valence-electron chi connectivity index (χ1n) is 7.91. The highest BCUT2D eigenvalue weighted by Gasteiger charge is 2.18. The molecule has 26 heavy (non-hydrogen) atoms. The van der Waals surface area contributed by atoms with Crippen LogP contribution in [0.25, 0.3) is 10.9 Å². The molecule has 1 aromatic heterocycles. The predicted molar refractivity (Wildman–Crippen MR) is 94.2 cm³/mol. The highest BCUT2D eigenvalue weighted by Crippen LogP contribution is 2.36. The van der Waals surface area contributed by atoms with Crippen molar-refractivity contribution in [3.05, 3.63) is 59.5 Å². The molecule has 0 atom stereocenters. The largest absolute Gasteiger partial charge is 0.480 e. The van der Waals surface area contributed by atoms with Crippen molar-refractivity contribution in [3.63, 3.8) is 0 Å². The van der Waals surface area contributed by atoms with Gasteiger partial charge in [-0.3, -0.25) is 9.59 Å². The number of aromatic nitrogens is 1. The van der Waals surface area contributed by atoms with Crippen molar-refractivity contribution in [1.29, 1.82) is 0 Å². The minimum absolute atomic E-state index is 0.215. The Kier molecular flexibility index (Phi) is 4.62. The summed E-state index contributed by atoms with van der Waals surface area (Å²) < 4.78 is 21.2. The molecule has 0 radical (unpaired) electrons. The molecule has 2 aromatic carbocycles. The van der Waals surface area contributed by atoms with Gasteiger partial charge < -0.3 is 19.7 Å². The third kappa shape index (κ3) is 3.23. The Morgan fingerprint density at radius 1 is 1.19 bits per heavy atom. The van der Waals surface area contributed by atoms with Gasteiger partial charge in [0.05, 0.1) is 11.2 Å². The van der Waals surface area contributed by atoms with Crippen LogP contribution in [0.5, 0.6) is 11.5 Å². The number of carboxylic acids is 1. The lowest BCUT2D eigenvalue weighted by Crippen LogP contribution is -2.17. The van der Waals surface area contributed by atoms with Crippen LogP contribution in [0.2, 0.25) is 0 Å². The number of ether oxygens (including phenoxy) is 1. The smallest absolute Gasteiger partial charge is 0.323 e. The van der Waals surface area contributed by atoms with Crippen LogP contribution in [0.4, 0.5) is 4.39 Å². The van der Waals surface area contributed by atoms with Crippen molar-refractivity contribution in [2.24, 2.45) is 0 Å². The fraction of sp³-hybridized carbons (Fsp3) is 0.158. The van der Waals surface area contributed by atoms with Crippen LogP contribution in [-0.2, 0) is 11.3 Å². The molecular formula is C19H17FN2O4. The summed E-state index contributed by atoms with van der Waals surface area (Å²) in [6.45, 7) is 1.46. The number of amides is 1. The SMILES string of the molecule is CNC(=O)c1ccc(Oc2c(C)n(CC(=O)O)c3ccc(F)cc23)cc1. The molecule has 0 aliphatic heterocycles. The molecule has 0 aliphatic carbocycles. The molecule has 2 N–H and O–H groups in total. The molecule has 0 saturated heterocycles. The molecule has 0 bridgehead atoms. The van der Waals surface area contributed by atoms with Crippen molar-refractivity contribution in [2.75, 3.05) is 7.05 Å². The summed E-state index contributed by atoms with van der Waals surface area (Å²) in [6.07, 6.45) is 0. The summed E-state index contributed by atoms with van der Waals surface area (Å²) in [7, 11) is 1.54. The van der Waals surface area contributed by atoms with Gasteiger partial charge in [-0.1, -0.05) is 0 Å². The summed E-state index contributed by atoms with van der Waals surface area (Å²) in [5.41, 5.74) is 1.63. The van der Waals surface area contributed by atoms with Crippen LogP contribution in [0.3, 0.4) is 0 Å². The number of carbonyl (C=O) groups excluding carboxylic acids is 1. The van der Waals surface area contributed by atoms with Crippen molar-refractivity contribution in [3.8, 4) is 11.5 Å². The number of aliphatic carboxylic acids is 1. The van der Waals surface area contributed by atoms with Crippen molar-refractivity contribution >= 4 is 22.8 Å². The number of benzene rings is 2. The van der Waals surface area contributed by atoms with Crippen LogP contribution in [-0.4, -0.2) is 28.6 Å². The Morgan fingerprint density at radius 2 is 1.88 bits per heavy atom.